The van der Waals surface area contributed by atoms with Crippen LogP contribution in [0.15, 0.2) is 24.3 Å². The van der Waals surface area contributed by atoms with E-state index < -0.39 is 6.04 Å². The fraction of sp³-hybridized carbons (Fsp3) is 0.625. The molecule has 0 spiro atoms. The topological polar surface area (TPSA) is 101 Å². The molecule has 1 aromatic carbocycles. The van der Waals surface area contributed by atoms with E-state index in [1.54, 1.807) is 5.06 Å². The Labute approximate surface area is 190 Å². The van der Waals surface area contributed by atoms with Crippen molar-refractivity contribution in [3.05, 3.63) is 35.4 Å². The molecule has 0 bridgehead atoms. The van der Waals surface area contributed by atoms with Crippen LogP contribution < -0.4 is 10.6 Å². The number of piperidine rings is 1. The number of hydrogen-bond donors (Lipinski definition) is 2. The SMILES string of the molecule is CNCN1OC1CCC(=O)NC(C#N)Cc1ccc(C2CCN(C(=O)C(C)C)CC2)cc1. The standard InChI is InChI=1S/C24H35N5O3/c1-17(2)24(31)28-12-10-20(11-13-28)19-6-4-18(5-7-19)14-21(15-25)27-22(30)8-9-23-29(32-23)16-26-3/h4-7,17,20-21,23,26H,8-14,16H2,1-3H3,(H,27,30). The Morgan fingerprint density at radius 3 is 2.50 bits per heavy atom. The first-order valence-electron chi connectivity index (χ1n) is 11.6. The number of nitrogens with one attached hydrogen (secondary N) is 2. The van der Waals surface area contributed by atoms with E-state index in [1.807, 2.05) is 37.9 Å². The van der Waals surface area contributed by atoms with Crippen LogP contribution in [-0.4, -0.2) is 60.9 Å². The zero-order chi connectivity index (χ0) is 23.1. The summed E-state index contributed by atoms with van der Waals surface area (Å²) in [5.41, 5.74) is 2.30. The summed E-state index contributed by atoms with van der Waals surface area (Å²) in [6.45, 7) is 6.15. The summed E-state index contributed by atoms with van der Waals surface area (Å²) in [5, 5.41) is 17.1. The number of hydroxylamine groups is 2. The second kappa shape index (κ2) is 11.4. The monoisotopic (exact) mass is 441 g/mol. The molecule has 2 aliphatic heterocycles. The van der Waals surface area contributed by atoms with Crippen molar-refractivity contribution in [2.45, 2.75) is 64.1 Å². The maximum atomic E-state index is 12.2. The predicted octanol–water partition coefficient (Wildman–Crippen LogP) is 2.13. The van der Waals surface area contributed by atoms with Gasteiger partial charge in [0.05, 0.1) is 12.7 Å². The average molecular weight is 442 g/mol. The highest BCUT2D eigenvalue weighted by molar-refractivity contribution is 5.78. The molecule has 174 valence electrons. The summed E-state index contributed by atoms with van der Waals surface area (Å²) in [7, 11) is 1.84. The first kappa shape index (κ1) is 24.2. The average Bonchev–Trinajstić information content (AvgIpc) is 3.55. The van der Waals surface area contributed by atoms with Gasteiger partial charge in [0.1, 0.15) is 6.04 Å². The van der Waals surface area contributed by atoms with Gasteiger partial charge in [-0.2, -0.15) is 5.26 Å². The second-order valence-electron chi connectivity index (χ2n) is 8.98. The van der Waals surface area contributed by atoms with Crippen LogP contribution in [0, 0.1) is 17.2 Å². The maximum absolute atomic E-state index is 12.2. The van der Waals surface area contributed by atoms with E-state index in [-0.39, 0.29) is 24.0 Å². The van der Waals surface area contributed by atoms with E-state index in [2.05, 4.69) is 28.8 Å². The van der Waals surface area contributed by atoms with Crippen molar-refractivity contribution in [1.82, 2.24) is 20.6 Å². The van der Waals surface area contributed by atoms with E-state index >= 15 is 0 Å². The number of benzene rings is 1. The third kappa shape index (κ3) is 6.76. The number of rotatable bonds is 10. The first-order valence-corrected chi connectivity index (χ1v) is 11.6. The Hall–Kier alpha value is -2.47. The van der Waals surface area contributed by atoms with Crippen molar-refractivity contribution in [1.29, 1.82) is 5.26 Å². The lowest BCUT2D eigenvalue weighted by Gasteiger charge is -2.33. The number of nitrogens with zero attached hydrogens (tertiary/aromatic N) is 3. The van der Waals surface area contributed by atoms with Crippen molar-refractivity contribution in [3.8, 4) is 6.07 Å². The molecule has 0 radical (unpaired) electrons. The summed E-state index contributed by atoms with van der Waals surface area (Å²) in [6, 6.07) is 9.98. The molecule has 8 nitrogen and oxygen atoms in total. The van der Waals surface area contributed by atoms with Gasteiger partial charge in [-0.15, -0.1) is 5.06 Å². The third-order valence-electron chi connectivity index (χ3n) is 6.15. The molecule has 2 N–H and O–H groups in total. The second-order valence-corrected chi connectivity index (χ2v) is 8.98. The molecule has 2 amide bonds. The summed E-state index contributed by atoms with van der Waals surface area (Å²) < 4.78 is 0. The molecule has 0 saturated carbocycles. The maximum Gasteiger partial charge on any atom is 0.225 e. The lowest BCUT2D eigenvalue weighted by Crippen LogP contribution is -2.40. The van der Waals surface area contributed by atoms with Gasteiger partial charge in [0.25, 0.3) is 0 Å². The molecular formula is C24H35N5O3. The molecular weight excluding hydrogens is 406 g/mol. The number of nitriles is 1. The van der Waals surface area contributed by atoms with Crippen LogP contribution >= 0.6 is 0 Å². The summed E-state index contributed by atoms with van der Waals surface area (Å²) in [5.74, 6) is 0.618. The van der Waals surface area contributed by atoms with Crippen molar-refractivity contribution in [3.63, 3.8) is 0 Å². The zero-order valence-corrected chi connectivity index (χ0v) is 19.3. The Morgan fingerprint density at radius 1 is 1.22 bits per heavy atom. The highest BCUT2D eigenvalue weighted by Gasteiger charge is 2.35. The fourth-order valence-corrected chi connectivity index (χ4v) is 4.23. The van der Waals surface area contributed by atoms with Gasteiger partial charge < -0.3 is 15.5 Å². The van der Waals surface area contributed by atoms with Gasteiger partial charge in [0.2, 0.25) is 11.8 Å². The van der Waals surface area contributed by atoms with Crippen LogP contribution in [0.4, 0.5) is 0 Å². The van der Waals surface area contributed by atoms with Gasteiger partial charge in [-0.3, -0.25) is 14.4 Å². The van der Waals surface area contributed by atoms with Crippen LogP contribution in [0.5, 0.6) is 0 Å². The quantitative estimate of drug-likeness (QED) is 0.540. The molecule has 2 heterocycles. The fourth-order valence-electron chi connectivity index (χ4n) is 4.23. The Morgan fingerprint density at radius 2 is 1.91 bits per heavy atom. The van der Waals surface area contributed by atoms with E-state index in [9.17, 15) is 14.9 Å². The summed E-state index contributed by atoms with van der Waals surface area (Å²) in [6.07, 6.45) is 3.37. The van der Waals surface area contributed by atoms with E-state index in [1.165, 1.54) is 5.56 Å². The minimum Gasteiger partial charge on any atom is -0.342 e. The third-order valence-corrected chi connectivity index (χ3v) is 6.15. The molecule has 3 unspecified atom stereocenters. The molecule has 8 heteroatoms. The minimum atomic E-state index is -0.549. The van der Waals surface area contributed by atoms with Crippen LogP contribution in [0.25, 0.3) is 0 Å². The van der Waals surface area contributed by atoms with Gasteiger partial charge in [0.15, 0.2) is 6.23 Å². The molecule has 3 rings (SSSR count). The summed E-state index contributed by atoms with van der Waals surface area (Å²) >= 11 is 0. The van der Waals surface area contributed by atoms with Crippen LogP contribution in [-0.2, 0) is 20.8 Å². The molecule has 1 aromatic rings. The molecule has 2 fully saturated rings. The lowest BCUT2D eigenvalue weighted by atomic mass is 9.88. The van der Waals surface area contributed by atoms with E-state index in [0.717, 1.165) is 31.5 Å². The number of amides is 2. The van der Waals surface area contributed by atoms with Gasteiger partial charge in [-0.05, 0) is 43.4 Å². The van der Waals surface area contributed by atoms with E-state index in [0.29, 0.717) is 31.8 Å². The van der Waals surface area contributed by atoms with Crippen molar-refractivity contribution in [2.75, 3.05) is 26.8 Å². The van der Waals surface area contributed by atoms with Crippen LogP contribution in [0.2, 0.25) is 0 Å². The molecule has 0 aromatic heterocycles. The largest absolute Gasteiger partial charge is 0.342 e. The highest BCUT2D eigenvalue weighted by atomic mass is 16.8. The lowest BCUT2D eigenvalue weighted by molar-refractivity contribution is -0.135. The number of likely N-dealkylation sites (tertiary alicyclic amines) is 1. The number of carbonyl (C=O) groups excluding carboxylic acids is 2. The van der Waals surface area contributed by atoms with Crippen molar-refractivity contribution >= 4 is 11.8 Å². The molecule has 2 saturated heterocycles. The Kier molecular flexibility index (Phi) is 8.62. The van der Waals surface area contributed by atoms with Crippen LogP contribution in [0.3, 0.4) is 0 Å². The predicted molar refractivity (Wildman–Crippen MR) is 121 cm³/mol. The molecule has 2 aliphatic rings. The van der Waals surface area contributed by atoms with E-state index in [4.69, 9.17) is 4.84 Å². The Bertz CT molecular complexity index is 812. The number of hydrogen-bond acceptors (Lipinski definition) is 6. The van der Waals surface area contributed by atoms with Gasteiger partial charge in [0, 0.05) is 31.8 Å². The molecule has 0 aliphatic carbocycles. The highest BCUT2D eigenvalue weighted by Crippen LogP contribution is 2.29. The number of carbonyl (C=O) groups is 2. The Balaban J connectivity index is 1.42. The van der Waals surface area contributed by atoms with Crippen LogP contribution in [0.1, 0.15) is 56.6 Å². The first-order chi connectivity index (χ1) is 15.4. The normalized spacial score (nSPS) is 21.8. The minimum absolute atomic E-state index is 0.0170. The van der Waals surface area contributed by atoms with Gasteiger partial charge in [-0.25, -0.2) is 0 Å². The van der Waals surface area contributed by atoms with Crippen molar-refractivity contribution < 1.29 is 14.4 Å². The smallest absolute Gasteiger partial charge is 0.225 e. The van der Waals surface area contributed by atoms with Crippen molar-refractivity contribution in [2.24, 2.45) is 5.92 Å². The molecule has 3 atom stereocenters. The molecule has 32 heavy (non-hydrogen) atoms. The summed E-state index contributed by atoms with van der Waals surface area (Å²) in [4.78, 5) is 31.7. The van der Waals surface area contributed by atoms with Gasteiger partial charge >= 0.3 is 0 Å². The van der Waals surface area contributed by atoms with Gasteiger partial charge in [-0.1, -0.05) is 38.1 Å². The zero-order valence-electron chi connectivity index (χ0n) is 19.3.